The third-order valence-electron chi connectivity index (χ3n) is 5.35. The Morgan fingerprint density at radius 2 is 2.03 bits per heavy atom. The number of aromatic nitrogens is 3. The van der Waals surface area contributed by atoms with E-state index in [-0.39, 0.29) is 17.3 Å². The standard InChI is InChI=1S/C21H17ClF3N5O/c1-11-28-18(27-8-12-3-2-4-14(16(12)23)21(24,25)10-31)13-7-15(20(9-26)5-6-20)17(22)30-19(13)29-11/h2-4,7,31H,5-6,8,10H2,1H3,(H,27,28,29,30). The van der Waals surface area contributed by atoms with Crippen molar-refractivity contribution < 1.29 is 18.3 Å². The minimum absolute atomic E-state index is 0.0205. The van der Waals surface area contributed by atoms with Crippen LogP contribution < -0.4 is 5.32 Å². The molecule has 2 N–H and O–H groups in total. The number of benzene rings is 1. The van der Waals surface area contributed by atoms with Crippen LogP contribution in [0, 0.1) is 24.1 Å². The summed E-state index contributed by atoms with van der Waals surface area (Å²) in [5.41, 5.74) is -0.697. The summed E-state index contributed by atoms with van der Waals surface area (Å²) >= 11 is 6.29. The number of halogens is 4. The lowest BCUT2D eigenvalue weighted by Crippen LogP contribution is -2.21. The van der Waals surface area contributed by atoms with Crippen LogP contribution in [0.3, 0.4) is 0 Å². The maximum atomic E-state index is 14.6. The van der Waals surface area contributed by atoms with Crippen LogP contribution in [0.2, 0.25) is 5.15 Å². The zero-order chi connectivity index (χ0) is 22.4. The Kier molecular flexibility index (Phi) is 5.23. The predicted molar refractivity (Wildman–Crippen MR) is 108 cm³/mol. The van der Waals surface area contributed by atoms with E-state index in [1.165, 1.54) is 12.1 Å². The molecule has 31 heavy (non-hydrogen) atoms. The fourth-order valence-electron chi connectivity index (χ4n) is 3.44. The molecule has 1 aliphatic carbocycles. The quantitative estimate of drug-likeness (QED) is 0.545. The Morgan fingerprint density at radius 3 is 2.68 bits per heavy atom. The molecule has 0 bridgehead atoms. The summed E-state index contributed by atoms with van der Waals surface area (Å²) in [7, 11) is 0. The predicted octanol–water partition coefficient (Wildman–Crippen LogP) is 4.38. The Morgan fingerprint density at radius 1 is 1.29 bits per heavy atom. The average Bonchev–Trinajstić information content (AvgIpc) is 3.53. The van der Waals surface area contributed by atoms with Crippen molar-refractivity contribution in [3.63, 3.8) is 0 Å². The molecule has 160 valence electrons. The number of rotatable bonds is 6. The topological polar surface area (TPSA) is 94.7 Å². The van der Waals surface area contributed by atoms with Crippen molar-refractivity contribution in [2.45, 2.75) is 37.6 Å². The Labute approximate surface area is 180 Å². The van der Waals surface area contributed by atoms with Crippen LogP contribution in [0.25, 0.3) is 11.0 Å². The number of nitrogens with one attached hydrogen (secondary N) is 1. The molecule has 0 radical (unpaired) electrons. The van der Waals surface area contributed by atoms with Crippen LogP contribution in [-0.2, 0) is 17.9 Å². The molecule has 6 nitrogen and oxygen atoms in total. The maximum absolute atomic E-state index is 14.6. The van der Waals surface area contributed by atoms with Gasteiger partial charge in [0.1, 0.15) is 29.2 Å². The first-order valence-corrected chi connectivity index (χ1v) is 9.85. The van der Waals surface area contributed by atoms with Crippen molar-refractivity contribution in [3.05, 3.63) is 57.8 Å². The second kappa shape index (κ2) is 7.62. The fraction of sp³-hybridized carbons (Fsp3) is 0.333. The van der Waals surface area contributed by atoms with Crippen LogP contribution >= 0.6 is 11.6 Å². The Bertz CT molecular complexity index is 1220. The smallest absolute Gasteiger partial charge is 0.298 e. The number of aliphatic hydroxyl groups is 1. The first-order valence-electron chi connectivity index (χ1n) is 9.48. The Hall–Kier alpha value is -2.96. The van der Waals surface area contributed by atoms with E-state index in [4.69, 9.17) is 16.7 Å². The van der Waals surface area contributed by atoms with Crippen LogP contribution in [0.15, 0.2) is 24.3 Å². The van der Waals surface area contributed by atoms with Crippen LogP contribution in [0.4, 0.5) is 19.0 Å². The van der Waals surface area contributed by atoms with Gasteiger partial charge in [0.2, 0.25) is 0 Å². The number of nitriles is 1. The van der Waals surface area contributed by atoms with Gasteiger partial charge in [0, 0.05) is 17.7 Å². The molecule has 4 rings (SSSR count). The van der Waals surface area contributed by atoms with Crippen LogP contribution in [0.5, 0.6) is 0 Å². The average molecular weight is 448 g/mol. The number of alkyl halides is 2. The monoisotopic (exact) mass is 447 g/mol. The third-order valence-corrected chi connectivity index (χ3v) is 5.64. The molecule has 10 heteroatoms. The summed E-state index contributed by atoms with van der Waals surface area (Å²) in [6.45, 7) is 0.00919. The first-order chi connectivity index (χ1) is 14.7. The number of fused-ring (bicyclic) bond motifs is 1. The van der Waals surface area contributed by atoms with Gasteiger partial charge in [-0.1, -0.05) is 23.7 Å². The van der Waals surface area contributed by atoms with Gasteiger partial charge in [-0.05, 0) is 31.9 Å². The minimum Gasteiger partial charge on any atom is -0.390 e. The normalized spacial score (nSPS) is 15.0. The number of hydrogen-bond acceptors (Lipinski definition) is 6. The maximum Gasteiger partial charge on any atom is 0.298 e. The largest absolute Gasteiger partial charge is 0.390 e. The van der Waals surface area contributed by atoms with E-state index in [1.807, 2.05) is 0 Å². The highest BCUT2D eigenvalue weighted by Gasteiger charge is 2.47. The van der Waals surface area contributed by atoms with E-state index < -0.39 is 29.3 Å². The van der Waals surface area contributed by atoms with E-state index in [0.717, 1.165) is 6.07 Å². The second-order valence-electron chi connectivity index (χ2n) is 7.51. The number of aryl methyl sites for hydroxylation is 1. The first kappa shape index (κ1) is 21.3. The highest BCUT2D eigenvalue weighted by atomic mass is 35.5. The van der Waals surface area contributed by atoms with E-state index in [0.29, 0.717) is 41.1 Å². The summed E-state index contributed by atoms with van der Waals surface area (Å²) in [5.74, 6) is -4.09. The molecule has 0 atom stereocenters. The molecule has 0 spiro atoms. The molecular weight excluding hydrogens is 431 g/mol. The van der Waals surface area contributed by atoms with Gasteiger partial charge < -0.3 is 10.4 Å². The van der Waals surface area contributed by atoms with Crippen molar-refractivity contribution in [2.24, 2.45) is 0 Å². The summed E-state index contributed by atoms with van der Waals surface area (Å²) in [6, 6.07) is 7.58. The van der Waals surface area contributed by atoms with E-state index in [1.54, 1.807) is 13.0 Å². The molecule has 1 saturated carbocycles. The zero-order valence-electron chi connectivity index (χ0n) is 16.4. The SMILES string of the molecule is Cc1nc(NCc2cccc(C(F)(F)CO)c2F)c2cc(C3(C#N)CC3)c(Cl)nc2n1. The number of aliphatic hydroxyl groups excluding tert-OH is 1. The molecule has 1 aromatic carbocycles. The van der Waals surface area contributed by atoms with Crippen LogP contribution in [-0.4, -0.2) is 26.7 Å². The van der Waals surface area contributed by atoms with Crippen molar-refractivity contribution in [1.29, 1.82) is 5.26 Å². The molecule has 3 aromatic rings. The van der Waals surface area contributed by atoms with Gasteiger partial charge in [-0.25, -0.2) is 19.3 Å². The minimum atomic E-state index is -3.69. The molecule has 0 aliphatic heterocycles. The molecule has 2 aromatic heterocycles. The summed E-state index contributed by atoms with van der Waals surface area (Å²) in [6.07, 6.45) is 1.34. The van der Waals surface area contributed by atoms with Crippen molar-refractivity contribution in [1.82, 2.24) is 15.0 Å². The van der Waals surface area contributed by atoms with E-state index in [2.05, 4.69) is 26.3 Å². The Balaban J connectivity index is 1.72. The number of anilines is 1. The number of pyridine rings is 1. The van der Waals surface area contributed by atoms with Crippen molar-refractivity contribution in [2.75, 3.05) is 11.9 Å². The van der Waals surface area contributed by atoms with Crippen LogP contribution in [0.1, 0.15) is 35.4 Å². The van der Waals surface area contributed by atoms with Crippen molar-refractivity contribution in [3.8, 4) is 6.07 Å². The highest BCUT2D eigenvalue weighted by Crippen LogP contribution is 2.50. The van der Waals surface area contributed by atoms with E-state index in [9.17, 15) is 18.4 Å². The molecule has 1 fully saturated rings. The summed E-state index contributed by atoms with van der Waals surface area (Å²) in [4.78, 5) is 12.9. The summed E-state index contributed by atoms with van der Waals surface area (Å²) < 4.78 is 42.3. The third kappa shape index (κ3) is 3.77. The van der Waals surface area contributed by atoms with Gasteiger partial charge in [-0.15, -0.1) is 0 Å². The molecule has 2 heterocycles. The molecule has 0 amide bonds. The van der Waals surface area contributed by atoms with E-state index >= 15 is 0 Å². The lowest BCUT2D eigenvalue weighted by Gasteiger charge is -2.17. The van der Waals surface area contributed by atoms with Crippen molar-refractivity contribution >= 4 is 28.5 Å². The fourth-order valence-corrected chi connectivity index (χ4v) is 3.76. The molecule has 0 saturated heterocycles. The molecule has 1 aliphatic rings. The van der Waals surface area contributed by atoms with Gasteiger partial charge in [0.15, 0.2) is 5.65 Å². The molecule has 0 unspecified atom stereocenters. The lowest BCUT2D eigenvalue weighted by molar-refractivity contribution is -0.0583. The van der Waals surface area contributed by atoms with Gasteiger partial charge >= 0.3 is 0 Å². The van der Waals surface area contributed by atoms with Gasteiger partial charge in [-0.2, -0.15) is 14.0 Å². The molecular formula is C21H17ClF3N5O. The highest BCUT2D eigenvalue weighted by molar-refractivity contribution is 6.30. The lowest BCUT2D eigenvalue weighted by atomic mass is 9.98. The van der Waals surface area contributed by atoms with Gasteiger partial charge in [0.05, 0.1) is 22.4 Å². The second-order valence-corrected chi connectivity index (χ2v) is 7.86. The zero-order valence-corrected chi connectivity index (χ0v) is 17.1. The number of nitrogens with zero attached hydrogens (tertiary/aromatic N) is 4. The van der Waals surface area contributed by atoms with Gasteiger partial charge in [-0.3, -0.25) is 0 Å². The summed E-state index contributed by atoms with van der Waals surface area (Å²) in [5, 5.41) is 22.0. The number of hydrogen-bond donors (Lipinski definition) is 2. The van der Waals surface area contributed by atoms with Gasteiger partial charge in [0.25, 0.3) is 5.92 Å².